The molecule has 1 fully saturated rings. The van der Waals surface area contributed by atoms with Crippen LogP contribution in [-0.2, 0) is 11.3 Å². The van der Waals surface area contributed by atoms with Crippen molar-refractivity contribution in [2.45, 2.75) is 44.7 Å². The molecule has 0 radical (unpaired) electrons. The summed E-state index contributed by atoms with van der Waals surface area (Å²) in [6.45, 7) is 0.961. The molecular weight excluding hydrogens is 216 g/mol. The Kier molecular flexibility index (Phi) is 4.55. The van der Waals surface area contributed by atoms with Gasteiger partial charge in [0, 0.05) is 18.4 Å². The van der Waals surface area contributed by atoms with E-state index in [4.69, 9.17) is 0 Å². The quantitative estimate of drug-likeness (QED) is 0.713. The topological polar surface area (TPSA) is 69.8 Å². The number of nitrogens with one attached hydrogen (secondary N) is 3. The van der Waals surface area contributed by atoms with E-state index >= 15 is 0 Å². The van der Waals surface area contributed by atoms with E-state index in [9.17, 15) is 4.79 Å². The van der Waals surface area contributed by atoms with Gasteiger partial charge >= 0.3 is 0 Å². The Labute approximate surface area is 101 Å². The summed E-state index contributed by atoms with van der Waals surface area (Å²) >= 11 is 0. The van der Waals surface area contributed by atoms with Gasteiger partial charge in [0.15, 0.2) is 0 Å². The molecule has 0 unspecified atom stereocenters. The summed E-state index contributed by atoms with van der Waals surface area (Å²) in [5.41, 5.74) is 0. The molecule has 1 aliphatic rings. The van der Waals surface area contributed by atoms with Crippen molar-refractivity contribution in [2.24, 2.45) is 0 Å². The Bertz CT molecular complexity index is 330. The Morgan fingerprint density at radius 2 is 2.24 bits per heavy atom. The van der Waals surface area contributed by atoms with Crippen molar-refractivity contribution < 1.29 is 4.79 Å². The molecule has 0 aromatic carbocycles. The molecule has 1 aromatic rings. The average Bonchev–Trinajstić information content (AvgIpc) is 2.83. The maximum Gasteiger partial charge on any atom is 0.234 e. The monoisotopic (exact) mass is 236 g/mol. The summed E-state index contributed by atoms with van der Waals surface area (Å²) in [6.07, 6.45) is 9.53. The maximum absolute atomic E-state index is 11.6. The molecule has 0 saturated heterocycles. The molecule has 1 saturated carbocycles. The Morgan fingerprint density at radius 3 is 2.94 bits per heavy atom. The van der Waals surface area contributed by atoms with Crippen LogP contribution in [0.4, 0.5) is 0 Å². The molecule has 1 aromatic heterocycles. The first-order valence-electron chi connectivity index (χ1n) is 6.33. The Morgan fingerprint density at radius 1 is 1.41 bits per heavy atom. The van der Waals surface area contributed by atoms with Crippen molar-refractivity contribution in [2.75, 3.05) is 6.54 Å². The normalized spacial score (nSPS) is 16.9. The van der Waals surface area contributed by atoms with Crippen molar-refractivity contribution in [3.8, 4) is 0 Å². The van der Waals surface area contributed by atoms with Crippen LogP contribution in [0.3, 0.4) is 0 Å². The zero-order valence-electron chi connectivity index (χ0n) is 10.0. The second-order valence-electron chi connectivity index (χ2n) is 4.54. The molecule has 94 valence electrons. The van der Waals surface area contributed by atoms with E-state index in [1.807, 2.05) is 0 Å². The van der Waals surface area contributed by atoms with Crippen LogP contribution in [0.15, 0.2) is 12.4 Å². The van der Waals surface area contributed by atoms with Crippen molar-refractivity contribution >= 4 is 5.91 Å². The minimum Gasteiger partial charge on any atom is -0.352 e. The predicted octanol–water partition coefficient (Wildman–Crippen LogP) is 0.948. The molecule has 1 heterocycles. The van der Waals surface area contributed by atoms with E-state index in [-0.39, 0.29) is 5.91 Å². The van der Waals surface area contributed by atoms with Gasteiger partial charge < -0.3 is 15.6 Å². The smallest absolute Gasteiger partial charge is 0.234 e. The largest absolute Gasteiger partial charge is 0.352 e. The van der Waals surface area contributed by atoms with E-state index in [2.05, 4.69) is 20.6 Å². The zero-order valence-corrected chi connectivity index (χ0v) is 10.0. The molecular formula is C12H20N4O. The van der Waals surface area contributed by atoms with Gasteiger partial charge in [-0.1, -0.05) is 19.3 Å². The molecule has 0 bridgehead atoms. The van der Waals surface area contributed by atoms with Gasteiger partial charge in [0.25, 0.3) is 0 Å². The Hall–Kier alpha value is -1.36. The number of imidazole rings is 1. The van der Waals surface area contributed by atoms with Gasteiger partial charge in [0.05, 0.1) is 13.1 Å². The van der Waals surface area contributed by atoms with E-state index in [0.717, 1.165) is 18.7 Å². The molecule has 0 spiro atoms. The summed E-state index contributed by atoms with van der Waals surface area (Å²) in [5, 5.41) is 6.14. The van der Waals surface area contributed by atoms with Crippen LogP contribution < -0.4 is 10.6 Å². The van der Waals surface area contributed by atoms with E-state index in [0.29, 0.717) is 19.1 Å². The van der Waals surface area contributed by atoms with Gasteiger partial charge in [-0.25, -0.2) is 4.98 Å². The molecule has 0 atom stereocenters. The van der Waals surface area contributed by atoms with E-state index < -0.39 is 0 Å². The van der Waals surface area contributed by atoms with Crippen LogP contribution in [0.25, 0.3) is 0 Å². The molecule has 0 aliphatic heterocycles. The predicted molar refractivity (Wildman–Crippen MR) is 65.3 cm³/mol. The number of hydrogen-bond donors (Lipinski definition) is 3. The van der Waals surface area contributed by atoms with Crippen LogP contribution in [0, 0.1) is 0 Å². The molecule has 5 heteroatoms. The third-order valence-corrected chi connectivity index (χ3v) is 3.10. The maximum atomic E-state index is 11.6. The second kappa shape index (κ2) is 6.39. The SMILES string of the molecule is O=C(CNCc1ncc[nH]1)NC1CCCCC1. The molecule has 1 aliphatic carbocycles. The van der Waals surface area contributed by atoms with Crippen LogP contribution in [0.5, 0.6) is 0 Å². The third kappa shape index (κ3) is 4.19. The summed E-state index contributed by atoms with van der Waals surface area (Å²) in [4.78, 5) is 18.7. The zero-order chi connectivity index (χ0) is 11.9. The molecule has 5 nitrogen and oxygen atoms in total. The third-order valence-electron chi connectivity index (χ3n) is 3.10. The van der Waals surface area contributed by atoms with Gasteiger partial charge in [-0.15, -0.1) is 0 Å². The van der Waals surface area contributed by atoms with E-state index in [1.54, 1.807) is 12.4 Å². The standard InChI is InChI=1S/C12H20N4O/c17-12(16-10-4-2-1-3-5-10)9-13-8-11-14-6-7-15-11/h6-7,10,13H,1-5,8-9H2,(H,14,15)(H,16,17). The van der Waals surface area contributed by atoms with Crippen molar-refractivity contribution in [3.05, 3.63) is 18.2 Å². The highest BCUT2D eigenvalue weighted by molar-refractivity contribution is 5.78. The number of amides is 1. The van der Waals surface area contributed by atoms with Crippen LogP contribution in [0.2, 0.25) is 0 Å². The fourth-order valence-corrected chi connectivity index (χ4v) is 2.21. The second-order valence-corrected chi connectivity index (χ2v) is 4.54. The minimum atomic E-state index is 0.0865. The highest BCUT2D eigenvalue weighted by atomic mass is 16.1. The number of hydrogen-bond acceptors (Lipinski definition) is 3. The fourth-order valence-electron chi connectivity index (χ4n) is 2.21. The number of H-pyrrole nitrogens is 1. The fraction of sp³-hybridized carbons (Fsp3) is 0.667. The first-order valence-corrected chi connectivity index (χ1v) is 6.33. The lowest BCUT2D eigenvalue weighted by atomic mass is 9.95. The Balaban J connectivity index is 1.60. The molecule has 2 rings (SSSR count). The average molecular weight is 236 g/mol. The summed E-state index contributed by atoms with van der Waals surface area (Å²) in [5.74, 6) is 0.943. The van der Waals surface area contributed by atoms with Gasteiger partial charge in [-0.3, -0.25) is 4.79 Å². The summed E-state index contributed by atoms with van der Waals surface area (Å²) in [7, 11) is 0. The first kappa shape index (κ1) is 12.1. The number of nitrogens with zero attached hydrogens (tertiary/aromatic N) is 1. The van der Waals surface area contributed by atoms with Crippen LogP contribution in [-0.4, -0.2) is 28.5 Å². The van der Waals surface area contributed by atoms with Crippen molar-refractivity contribution in [1.29, 1.82) is 0 Å². The van der Waals surface area contributed by atoms with Crippen molar-refractivity contribution in [1.82, 2.24) is 20.6 Å². The number of aromatic nitrogens is 2. The van der Waals surface area contributed by atoms with E-state index in [1.165, 1.54) is 19.3 Å². The van der Waals surface area contributed by atoms with Gasteiger partial charge in [-0.2, -0.15) is 0 Å². The highest BCUT2D eigenvalue weighted by Gasteiger charge is 2.15. The lowest BCUT2D eigenvalue weighted by Gasteiger charge is -2.22. The molecule has 17 heavy (non-hydrogen) atoms. The number of carbonyl (C=O) groups excluding carboxylic acids is 1. The van der Waals surface area contributed by atoms with Crippen LogP contribution >= 0.6 is 0 Å². The van der Waals surface area contributed by atoms with Gasteiger partial charge in [0.2, 0.25) is 5.91 Å². The number of carbonyl (C=O) groups is 1. The lowest BCUT2D eigenvalue weighted by Crippen LogP contribution is -2.41. The number of aromatic amines is 1. The lowest BCUT2D eigenvalue weighted by molar-refractivity contribution is -0.121. The molecule has 1 amide bonds. The summed E-state index contributed by atoms with van der Waals surface area (Å²) < 4.78 is 0. The first-order chi connectivity index (χ1) is 8.34. The highest BCUT2D eigenvalue weighted by Crippen LogP contribution is 2.16. The minimum absolute atomic E-state index is 0.0865. The van der Waals surface area contributed by atoms with Crippen molar-refractivity contribution in [3.63, 3.8) is 0 Å². The molecule has 3 N–H and O–H groups in total. The van der Waals surface area contributed by atoms with Gasteiger partial charge in [0.1, 0.15) is 5.82 Å². The van der Waals surface area contributed by atoms with Gasteiger partial charge in [-0.05, 0) is 12.8 Å². The number of rotatable bonds is 5. The van der Waals surface area contributed by atoms with Crippen LogP contribution in [0.1, 0.15) is 37.9 Å². The summed E-state index contributed by atoms with van der Waals surface area (Å²) in [6, 6.07) is 0.390.